The lowest BCUT2D eigenvalue weighted by Gasteiger charge is -2.35. The number of hydrogen-bond donors (Lipinski definition) is 1. The molecule has 0 aliphatic carbocycles. The van der Waals surface area contributed by atoms with E-state index in [1.54, 1.807) is 0 Å². The minimum Gasteiger partial charge on any atom is -0.388 e. The monoisotopic (exact) mass is 317 g/mol. The van der Waals surface area contributed by atoms with Gasteiger partial charge in [-0.05, 0) is 36.2 Å². The molecule has 2 rings (SSSR count). The maximum Gasteiger partial charge on any atom is 0.222 e. The van der Waals surface area contributed by atoms with Gasteiger partial charge in [-0.15, -0.1) is 0 Å². The second kappa shape index (κ2) is 8.49. The first kappa shape index (κ1) is 18.0. The molecule has 3 nitrogen and oxygen atoms in total. The van der Waals surface area contributed by atoms with Crippen LogP contribution in [0.3, 0.4) is 0 Å². The van der Waals surface area contributed by atoms with E-state index in [-0.39, 0.29) is 5.92 Å². The molecule has 1 aromatic rings. The number of carbonyl (C=O) groups is 1. The number of likely N-dealkylation sites (tertiary alicyclic amines) is 1. The molecule has 23 heavy (non-hydrogen) atoms. The topological polar surface area (TPSA) is 40.5 Å². The Labute approximate surface area is 140 Å². The van der Waals surface area contributed by atoms with Crippen LogP contribution >= 0.6 is 0 Å². The SMILES string of the molecule is CCC(CC(=O)N1CCC(C(O)c2ccccc2)CC1)C(C)C. The molecule has 1 aliphatic heterocycles. The van der Waals surface area contributed by atoms with Gasteiger partial charge in [-0.25, -0.2) is 0 Å². The molecular weight excluding hydrogens is 286 g/mol. The summed E-state index contributed by atoms with van der Waals surface area (Å²) in [7, 11) is 0. The van der Waals surface area contributed by atoms with Gasteiger partial charge in [0.15, 0.2) is 0 Å². The Bertz CT molecular complexity index is 478. The molecule has 0 radical (unpaired) electrons. The van der Waals surface area contributed by atoms with Crippen molar-refractivity contribution in [2.24, 2.45) is 17.8 Å². The van der Waals surface area contributed by atoms with Gasteiger partial charge in [0, 0.05) is 19.5 Å². The largest absolute Gasteiger partial charge is 0.388 e. The fourth-order valence-electron chi connectivity index (χ4n) is 3.59. The molecular formula is C20H31NO2. The highest BCUT2D eigenvalue weighted by Gasteiger charge is 2.29. The summed E-state index contributed by atoms with van der Waals surface area (Å²) < 4.78 is 0. The second-order valence-electron chi connectivity index (χ2n) is 7.19. The summed E-state index contributed by atoms with van der Waals surface area (Å²) in [4.78, 5) is 14.5. The van der Waals surface area contributed by atoms with Crippen LogP contribution in [0.25, 0.3) is 0 Å². The maximum absolute atomic E-state index is 12.5. The summed E-state index contributed by atoms with van der Waals surface area (Å²) in [6.45, 7) is 8.12. The number of aliphatic hydroxyl groups excluding tert-OH is 1. The van der Waals surface area contributed by atoms with Crippen LogP contribution in [0.5, 0.6) is 0 Å². The molecule has 128 valence electrons. The highest BCUT2D eigenvalue weighted by Crippen LogP contribution is 2.31. The van der Waals surface area contributed by atoms with Gasteiger partial charge in [-0.2, -0.15) is 0 Å². The average molecular weight is 317 g/mol. The van der Waals surface area contributed by atoms with Gasteiger partial charge in [0.2, 0.25) is 5.91 Å². The number of nitrogens with zero attached hydrogens (tertiary/aromatic N) is 1. The van der Waals surface area contributed by atoms with E-state index >= 15 is 0 Å². The molecule has 1 N–H and O–H groups in total. The van der Waals surface area contributed by atoms with E-state index in [1.165, 1.54) is 0 Å². The standard InChI is InChI=1S/C20H31NO2/c1-4-16(15(2)3)14-19(22)21-12-10-18(11-13-21)20(23)17-8-6-5-7-9-17/h5-9,15-16,18,20,23H,4,10-14H2,1-3H3. The van der Waals surface area contributed by atoms with Crippen molar-refractivity contribution in [3.63, 3.8) is 0 Å². The molecule has 1 amide bonds. The number of aliphatic hydroxyl groups is 1. The lowest BCUT2D eigenvalue weighted by Crippen LogP contribution is -2.40. The zero-order chi connectivity index (χ0) is 16.8. The Balaban J connectivity index is 1.85. The predicted octanol–water partition coefficient (Wildman–Crippen LogP) is 4.03. The van der Waals surface area contributed by atoms with Crippen molar-refractivity contribution in [2.75, 3.05) is 13.1 Å². The van der Waals surface area contributed by atoms with Crippen molar-refractivity contribution in [3.8, 4) is 0 Å². The molecule has 0 spiro atoms. The molecule has 1 aromatic carbocycles. The summed E-state index contributed by atoms with van der Waals surface area (Å²) in [6.07, 6.45) is 3.10. The van der Waals surface area contributed by atoms with Gasteiger partial charge >= 0.3 is 0 Å². The second-order valence-corrected chi connectivity index (χ2v) is 7.19. The van der Waals surface area contributed by atoms with Crippen molar-refractivity contribution < 1.29 is 9.90 Å². The number of rotatable bonds is 6. The predicted molar refractivity (Wildman–Crippen MR) is 93.9 cm³/mol. The molecule has 1 aliphatic rings. The number of hydrogen-bond acceptors (Lipinski definition) is 2. The smallest absolute Gasteiger partial charge is 0.222 e. The Hall–Kier alpha value is -1.35. The first-order valence-electron chi connectivity index (χ1n) is 9.03. The third-order valence-corrected chi connectivity index (χ3v) is 5.38. The molecule has 1 heterocycles. The van der Waals surface area contributed by atoms with E-state index in [1.807, 2.05) is 35.2 Å². The molecule has 2 unspecified atom stereocenters. The Morgan fingerprint density at radius 2 is 1.83 bits per heavy atom. The first-order chi connectivity index (χ1) is 11.0. The summed E-state index contributed by atoms with van der Waals surface area (Å²) in [5.74, 6) is 1.59. The lowest BCUT2D eigenvalue weighted by molar-refractivity contribution is -0.134. The fraction of sp³-hybridized carbons (Fsp3) is 0.650. The third kappa shape index (κ3) is 4.81. The minimum absolute atomic E-state index is 0.258. The average Bonchev–Trinajstić information content (AvgIpc) is 2.59. The fourth-order valence-corrected chi connectivity index (χ4v) is 3.59. The van der Waals surface area contributed by atoms with Crippen LogP contribution in [-0.2, 0) is 4.79 Å². The van der Waals surface area contributed by atoms with Crippen LogP contribution in [-0.4, -0.2) is 29.0 Å². The van der Waals surface area contributed by atoms with Crippen molar-refractivity contribution >= 4 is 5.91 Å². The molecule has 1 saturated heterocycles. The first-order valence-corrected chi connectivity index (χ1v) is 9.03. The maximum atomic E-state index is 12.5. The number of carbonyl (C=O) groups excluding carboxylic acids is 1. The Kier molecular flexibility index (Phi) is 6.64. The molecule has 3 heteroatoms. The summed E-state index contributed by atoms with van der Waals surface area (Å²) in [5.41, 5.74) is 0.989. The van der Waals surface area contributed by atoms with Crippen molar-refractivity contribution in [2.45, 2.75) is 52.6 Å². The van der Waals surface area contributed by atoms with Crippen LogP contribution in [0.15, 0.2) is 30.3 Å². The van der Waals surface area contributed by atoms with E-state index in [0.29, 0.717) is 24.2 Å². The lowest BCUT2D eigenvalue weighted by atomic mass is 9.86. The van der Waals surface area contributed by atoms with Gasteiger partial charge in [-0.3, -0.25) is 4.79 Å². The van der Waals surface area contributed by atoms with Crippen molar-refractivity contribution in [3.05, 3.63) is 35.9 Å². The molecule has 0 saturated carbocycles. The van der Waals surface area contributed by atoms with Gasteiger partial charge in [0.05, 0.1) is 6.10 Å². The molecule has 2 atom stereocenters. The van der Waals surface area contributed by atoms with E-state index in [9.17, 15) is 9.90 Å². The quantitative estimate of drug-likeness (QED) is 0.860. The zero-order valence-corrected chi connectivity index (χ0v) is 14.7. The molecule has 0 bridgehead atoms. The van der Waals surface area contributed by atoms with Crippen LogP contribution in [0, 0.1) is 17.8 Å². The van der Waals surface area contributed by atoms with E-state index in [2.05, 4.69) is 20.8 Å². The summed E-state index contributed by atoms with van der Waals surface area (Å²) in [6, 6.07) is 9.87. The highest BCUT2D eigenvalue weighted by molar-refractivity contribution is 5.76. The number of piperidine rings is 1. The molecule has 1 fully saturated rings. The van der Waals surface area contributed by atoms with Crippen LogP contribution in [0.2, 0.25) is 0 Å². The number of amides is 1. The van der Waals surface area contributed by atoms with Crippen LogP contribution in [0.1, 0.15) is 58.1 Å². The van der Waals surface area contributed by atoms with Crippen molar-refractivity contribution in [1.82, 2.24) is 4.90 Å². The van der Waals surface area contributed by atoms with E-state index < -0.39 is 6.10 Å². The normalized spacial score (nSPS) is 18.9. The molecule has 0 aromatic heterocycles. The van der Waals surface area contributed by atoms with Crippen molar-refractivity contribution in [1.29, 1.82) is 0 Å². The minimum atomic E-state index is -0.410. The Morgan fingerprint density at radius 1 is 1.22 bits per heavy atom. The van der Waals surface area contributed by atoms with E-state index in [4.69, 9.17) is 0 Å². The van der Waals surface area contributed by atoms with E-state index in [0.717, 1.165) is 37.9 Å². The number of benzene rings is 1. The third-order valence-electron chi connectivity index (χ3n) is 5.38. The van der Waals surface area contributed by atoms with Crippen LogP contribution in [0.4, 0.5) is 0 Å². The van der Waals surface area contributed by atoms with Gasteiger partial charge in [0.1, 0.15) is 0 Å². The summed E-state index contributed by atoms with van der Waals surface area (Å²) in [5, 5.41) is 10.5. The summed E-state index contributed by atoms with van der Waals surface area (Å²) >= 11 is 0. The zero-order valence-electron chi connectivity index (χ0n) is 14.7. The van der Waals surface area contributed by atoms with Gasteiger partial charge < -0.3 is 10.0 Å². The van der Waals surface area contributed by atoms with Gasteiger partial charge in [-0.1, -0.05) is 57.5 Å². The van der Waals surface area contributed by atoms with Crippen LogP contribution < -0.4 is 0 Å². The highest BCUT2D eigenvalue weighted by atomic mass is 16.3. The van der Waals surface area contributed by atoms with Gasteiger partial charge in [0.25, 0.3) is 0 Å². The Morgan fingerprint density at radius 3 is 2.35 bits per heavy atom.